The molecule has 2 heteroatoms. The summed E-state index contributed by atoms with van der Waals surface area (Å²) in [7, 11) is 0. The van der Waals surface area contributed by atoms with Crippen molar-refractivity contribution in [1.82, 2.24) is 5.32 Å². The fourth-order valence-electron chi connectivity index (χ4n) is 1.13. The molecule has 0 heterocycles. The maximum Gasteiger partial charge on any atom is 0.0584 e. The van der Waals surface area contributed by atoms with E-state index in [9.17, 15) is 0 Å². The maximum absolute atomic E-state index is 8.89. The molecule has 1 atom stereocenters. The molecule has 0 amide bonds. The zero-order valence-corrected chi connectivity index (χ0v) is 7.46. The van der Waals surface area contributed by atoms with Crippen LogP contribution in [0.1, 0.15) is 18.9 Å². The summed E-state index contributed by atoms with van der Waals surface area (Å²) < 4.78 is 0. The molecule has 2 nitrogen and oxygen atoms in total. The molecule has 0 fully saturated rings. The quantitative estimate of drug-likeness (QED) is 0.645. The van der Waals surface area contributed by atoms with Gasteiger partial charge in [0.2, 0.25) is 0 Å². The van der Waals surface area contributed by atoms with Crippen molar-refractivity contribution in [3.63, 3.8) is 0 Å². The van der Waals surface area contributed by atoms with Gasteiger partial charge in [-0.25, -0.2) is 6.07 Å². The van der Waals surface area contributed by atoms with E-state index < -0.39 is 0 Å². The van der Waals surface area contributed by atoms with E-state index in [1.807, 2.05) is 12.1 Å². The van der Waals surface area contributed by atoms with Gasteiger partial charge in [-0.1, -0.05) is 6.92 Å². The van der Waals surface area contributed by atoms with Crippen molar-refractivity contribution in [2.45, 2.75) is 25.9 Å². The molecule has 1 aromatic rings. The van der Waals surface area contributed by atoms with Gasteiger partial charge < -0.3 is 10.4 Å². The van der Waals surface area contributed by atoms with Crippen LogP contribution in [-0.2, 0) is 6.54 Å². The topological polar surface area (TPSA) is 32.3 Å². The molecule has 1 aromatic carbocycles. The van der Waals surface area contributed by atoms with E-state index in [2.05, 4.69) is 24.4 Å². The normalized spacial score (nSPS) is 13.2. The number of nitrogens with one attached hydrogen (secondary N) is 1. The highest BCUT2D eigenvalue weighted by Crippen LogP contribution is 2.00. The van der Waals surface area contributed by atoms with E-state index in [0.29, 0.717) is 0 Å². The third-order valence-electron chi connectivity index (χ3n) is 2.04. The zero-order chi connectivity index (χ0) is 8.81. The first kappa shape index (κ1) is 9.36. The van der Waals surface area contributed by atoms with E-state index >= 15 is 0 Å². The molecule has 0 bridgehead atoms. The number of rotatable bonds is 5. The van der Waals surface area contributed by atoms with Crippen LogP contribution in [0.3, 0.4) is 0 Å². The van der Waals surface area contributed by atoms with Crippen LogP contribution in [0.15, 0.2) is 24.3 Å². The van der Waals surface area contributed by atoms with Crippen LogP contribution in [0.4, 0.5) is 0 Å². The van der Waals surface area contributed by atoms with E-state index in [4.69, 9.17) is 5.11 Å². The standard InChI is InChI=1S/C10H16NO/c1-2-10(8-12)11-7-9-5-3-4-6-9/h3-6,10-12H,2,7-8H2,1H3/q-1/t10-/m0/s1. The Balaban J connectivity index is 2.25. The van der Waals surface area contributed by atoms with Gasteiger partial charge in [0.05, 0.1) is 6.61 Å². The highest BCUT2D eigenvalue weighted by molar-refractivity contribution is 5.15. The van der Waals surface area contributed by atoms with Crippen molar-refractivity contribution in [1.29, 1.82) is 0 Å². The molecule has 0 radical (unpaired) electrons. The lowest BCUT2D eigenvalue weighted by Gasteiger charge is -2.15. The summed E-state index contributed by atoms with van der Waals surface area (Å²) in [5.41, 5.74) is 1.28. The first-order chi connectivity index (χ1) is 5.86. The van der Waals surface area contributed by atoms with Crippen molar-refractivity contribution < 1.29 is 5.11 Å². The molecule has 0 aromatic heterocycles. The summed E-state index contributed by atoms with van der Waals surface area (Å²) in [5.74, 6) is 0. The lowest BCUT2D eigenvalue weighted by Crippen LogP contribution is -2.30. The van der Waals surface area contributed by atoms with Gasteiger partial charge in [-0.05, 0) is 13.0 Å². The van der Waals surface area contributed by atoms with Crippen molar-refractivity contribution >= 4 is 0 Å². The van der Waals surface area contributed by atoms with Gasteiger partial charge >= 0.3 is 0 Å². The van der Waals surface area contributed by atoms with Crippen molar-refractivity contribution in [3.8, 4) is 0 Å². The molecule has 0 unspecified atom stereocenters. The second-order valence-corrected chi connectivity index (χ2v) is 2.96. The zero-order valence-electron chi connectivity index (χ0n) is 7.46. The predicted molar refractivity (Wildman–Crippen MR) is 50.0 cm³/mol. The second kappa shape index (κ2) is 5.01. The summed E-state index contributed by atoms with van der Waals surface area (Å²) in [5, 5.41) is 12.2. The Kier molecular flexibility index (Phi) is 3.91. The first-order valence-corrected chi connectivity index (χ1v) is 4.41. The van der Waals surface area contributed by atoms with Crippen LogP contribution in [0.25, 0.3) is 0 Å². The molecular weight excluding hydrogens is 150 g/mol. The monoisotopic (exact) mass is 166 g/mol. The van der Waals surface area contributed by atoms with E-state index in [0.717, 1.165) is 13.0 Å². The number of hydrogen-bond donors (Lipinski definition) is 2. The van der Waals surface area contributed by atoms with Crippen molar-refractivity contribution in [2.75, 3.05) is 6.61 Å². The molecule has 0 saturated heterocycles. The van der Waals surface area contributed by atoms with Crippen LogP contribution in [-0.4, -0.2) is 17.8 Å². The molecule has 12 heavy (non-hydrogen) atoms. The Labute approximate surface area is 73.6 Å². The van der Waals surface area contributed by atoms with E-state index in [1.54, 1.807) is 0 Å². The minimum atomic E-state index is 0.219. The van der Waals surface area contributed by atoms with E-state index in [-0.39, 0.29) is 12.6 Å². The molecular formula is C10H16NO-. The summed E-state index contributed by atoms with van der Waals surface area (Å²) in [6.07, 6.45) is 0.969. The lowest BCUT2D eigenvalue weighted by atomic mass is 10.2. The smallest absolute Gasteiger partial charge is 0.0584 e. The summed E-state index contributed by atoms with van der Waals surface area (Å²) >= 11 is 0. The van der Waals surface area contributed by atoms with Gasteiger partial charge in [0, 0.05) is 6.04 Å². The van der Waals surface area contributed by atoms with Crippen molar-refractivity contribution in [3.05, 3.63) is 29.8 Å². The van der Waals surface area contributed by atoms with Crippen LogP contribution in [0.5, 0.6) is 0 Å². The van der Waals surface area contributed by atoms with Gasteiger partial charge in [-0.3, -0.25) is 0 Å². The Hall–Kier alpha value is -0.730. The van der Waals surface area contributed by atoms with Gasteiger partial charge in [0.1, 0.15) is 0 Å². The summed E-state index contributed by atoms with van der Waals surface area (Å²) in [6, 6.07) is 8.45. The van der Waals surface area contributed by atoms with Gasteiger partial charge in [-0.2, -0.15) is 23.8 Å². The van der Waals surface area contributed by atoms with Gasteiger partial charge in [0.25, 0.3) is 0 Å². The maximum atomic E-state index is 8.89. The highest BCUT2D eigenvalue weighted by atomic mass is 16.3. The Morgan fingerprint density at radius 3 is 3.00 bits per heavy atom. The fourth-order valence-corrected chi connectivity index (χ4v) is 1.13. The minimum absolute atomic E-state index is 0.219. The largest absolute Gasteiger partial charge is 0.395 e. The third-order valence-corrected chi connectivity index (χ3v) is 2.04. The fraction of sp³-hybridized carbons (Fsp3) is 0.500. The average Bonchev–Trinajstić information content (AvgIpc) is 2.59. The molecule has 0 saturated carbocycles. The molecule has 0 aliphatic rings. The summed E-state index contributed by atoms with van der Waals surface area (Å²) in [4.78, 5) is 0. The van der Waals surface area contributed by atoms with Crippen LogP contribution < -0.4 is 5.32 Å². The molecule has 0 aliphatic heterocycles. The predicted octanol–water partition coefficient (Wildman–Crippen LogP) is 1.27. The molecule has 68 valence electrons. The van der Waals surface area contributed by atoms with Gasteiger partial charge in [0.15, 0.2) is 0 Å². The molecule has 1 rings (SSSR count). The first-order valence-electron chi connectivity index (χ1n) is 4.41. The number of hydrogen-bond acceptors (Lipinski definition) is 2. The molecule has 2 N–H and O–H groups in total. The average molecular weight is 166 g/mol. The number of aliphatic hydroxyl groups is 1. The highest BCUT2D eigenvalue weighted by Gasteiger charge is 1.99. The lowest BCUT2D eigenvalue weighted by molar-refractivity contribution is 0.238. The second-order valence-electron chi connectivity index (χ2n) is 2.96. The Bertz CT molecular complexity index is 190. The SMILES string of the molecule is CC[C@@H](CO)NCc1cc[cH-]c1. The Morgan fingerprint density at radius 2 is 2.50 bits per heavy atom. The van der Waals surface area contributed by atoms with E-state index in [1.165, 1.54) is 5.56 Å². The Morgan fingerprint density at radius 1 is 1.67 bits per heavy atom. The van der Waals surface area contributed by atoms with Crippen LogP contribution >= 0.6 is 0 Å². The summed E-state index contributed by atoms with van der Waals surface area (Å²) in [6.45, 7) is 3.14. The molecule has 0 aliphatic carbocycles. The van der Waals surface area contributed by atoms with Crippen LogP contribution in [0.2, 0.25) is 0 Å². The minimum Gasteiger partial charge on any atom is -0.395 e. The van der Waals surface area contributed by atoms with Crippen molar-refractivity contribution in [2.24, 2.45) is 0 Å². The molecule has 0 spiro atoms. The number of aliphatic hydroxyl groups excluding tert-OH is 1. The van der Waals surface area contributed by atoms with Gasteiger partial charge in [-0.15, -0.1) is 0 Å². The third kappa shape index (κ3) is 2.72. The van der Waals surface area contributed by atoms with Crippen LogP contribution in [0, 0.1) is 0 Å².